The summed E-state index contributed by atoms with van der Waals surface area (Å²) in [7, 11) is 0. The zero-order chi connectivity index (χ0) is 14.8. The van der Waals surface area contributed by atoms with E-state index in [0.717, 1.165) is 22.4 Å². The van der Waals surface area contributed by atoms with Gasteiger partial charge in [0.1, 0.15) is 0 Å². The molecular weight excluding hydrogens is 246 g/mol. The molecule has 0 spiro atoms. The molecule has 0 amide bonds. The Balaban J connectivity index is 2.34. The van der Waals surface area contributed by atoms with E-state index in [4.69, 9.17) is 0 Å². The van der Waals surface area contributed by atoms with Gasteiger partial charge in [0, 0.05) is 11.8 Å². The predicted molar refractivity (Wildman–Crippen MR) is 82.2 cm³/mol. The third-order valence-corrected chi connectivity index (χ3v) is 3.48. The SMILES string of the molecule is Cc1cccnc1CC(=O)c1ccccc1C(C)(C)C. The highest BCUT2D eigenvalue weighted by molar-refractivity contribution is 5.99. The Morgan fingerprint density at radius 2 is 1.80 bits per heavy atom. The number of benzene rings is 1. The zero-order valence-electron chi connectivity index (χ0n) is 12.6. The number of Topliss-reactive ketones (excluding diaryl/α,β-unsaturated/α-hetero) is 1. The van der Waals surface area contributed by atoms with Crippen molar-refractivity contribution in [1.82, 2.24) is 4.98 Å². The van der Waals surface area contributed by atoms with E-state index >= 15 is 0 Å². The van der Waals surface area contributed by atoms with Crippen LogP contribution in [0.4, 0.5) is 0 Å². The lowest BCUT2D eigenvalue weighted by atomic mass is 9.82. The van der Waals surface area contributed by atoms with Gasteiger partial charge in [-0.05, 0) is 29.5 Å². The van der Waals surface area contributed by atoms with Gasteiger partial charge in [-0.15, -0.1) is 0 Å². The molecule has 0 bridgehead atoms. The summed E-state index contributed by atoms with van der Waals surface area (Å²) in [5, 5.41) is 0. The first-order chi connectivity index (χ1) is 9.39. The largest absolute Gasteiger partial charge is 0.294 e. The second-order valence-corrected chi connectivity index (χ2v) is 6.16. The highest BCUT2D eigenvalue weighted by Crippen LogP contribution is 2.26. The van der Waals surface area contributed by atoms with E-state index in [0.29, 0.717) is 6.42 Å². The maximum absolute atomic E-state index is 12.6. The molecule has 2 rings (SSSR count). The van der Waals surface area contributed by atoms with Gasteiger partial charge in [0.05, 0.1) is 12.1 Å². The number of carbonyl (C=O) groups excluding carboxylic acids is 1. The molecule has 0 atom stereocenters. The minimum absolute atomic E-state index is 0.0363. The summed E-state index contributed by atoms with van der Waals surface area (Å²) in [6.07, 6.45) is 2.10. The molecule has 2 heteroatoms. The Labute approximate surface area is 120 Å². The van der Waals surface area contributed by atoms with Crippen molar-refractivity contribution in [3.63, 3.8) is 0 Å². The molecule has 20 heavy (non-hydrogen) atoms. The molecule has 0 radical (unpaired) electrons. The molecule has 0 saturated heterocycles. The molecule has 0 fully saturated rings. The Bertz CT molecular complexity index is 623. The number of aromatic nitrogens is 1. The third-order valence-electron chi connectivity index (χ3n) is 3.48. The first-order valence-electron chi connectivity index (χ1n) is 6.93. The van der Waals surface area contributed by atoms with E-state index < -0.39 is 0 Å². The van der Waals surface area contributed by atoms with Crippen LogP contribution in [0.5, 0.6) is 0 Å². The zero-order valence-corrected chi connectivity index (χ0v) is 12.6. The summed E-state index contributed by atoms with van der Waals surface area (Å²) in [5.74, 6) is 0.136. The average molecular weight is 267 g/mol. The molecule has 2 aromatic rings. The first kappa shape index (κ1) is 14.4. The van der Waals surface area contributed by atoms with Crippen molar-refractivity contribution < 1.29 is 4.79 Å². The molecule has 0 aliphatic heterocycles. The Morgan fingerprint density at radius 3 is 2.45 bits per heavy atom. The number of hydrogen-bond acceptors (Lipinski definition) is 2. The number of pyridine rings is 1. The van der Waals surface area contributed by atoms with E-state index in [1.807, 2.05) is 43.3 Å². The molecule has 0 unspecified atom stereocenters. The van der Waals surface area contributed by atoms with Gasteiger partial charge in [-0.2, -0.15) is 0 Å². The summed E-state index contributed by atoms with van der Waals surface area (Å²) in [4.78, 5) is 16.9. The monoisotopic (exact) mass is 267 g/mol. The van der Waals surface area contributed by atoms with Gasteiger partial charge < -0.3 is 0 Å². The fourth-order valence-electron chi connectivity index (χ4n) is 2.33. The van der Waals surface area contributed by atoms with Gasteiger partial charge in [-0.25, -0.2) is 0 Å². The molecule has 1 aromatic heterocycles. The molecular formula is C18H21NO. The second kappa shape index (κ2) is 5.58. The molecule has 2 nitrogen and oxygen atoms in total. The van der Waals surface area contributed by atoms with E-state index in [1.165, 1.54) is 0 Å². The van der Waals surface area contributed by atoms with Crippen molar-refractivity contribution in [2.45, 2.75) is 39.5 Å². The maximum Gasteiger partial charge on any atom is 0.169 e. The molecule has 0 N–H and O–H groups in total. The summed E-state index contributed by atoms with van der Waals surface area (Å²) in [6, 6.07) is 11.8. The minimum Gasteiger partial charge on any atom is -0.294 e. The highest BCUT2D eigenvalue weighted by atomic mass is 16.1. The van der Waals surface area contributed by atoms with Crippen LogP contribution in [0.15, 0.2) is 42.6 Å². The molecule has 0 saturated carbocycles. The predicted octanol–water partition coefficient (Wildman–Crippen LogP) is 4.11. The quantitative estimate of drug-likeness (QED) is 0.783. The lowest BCUT2D eigenvalue weighted by Gasteiger charge is -2.22. The molecule has 1 aromatic carbocycles. The highest BCUT2D eigenvalue weighted by Gasteiger charge is 2.21. The van der Waals surface area contributed by atoms with E-state index in [1.54, 1.807) is 6.20 Å². The first-order valence-corrected chi connectivity index (χ1v) is 6.93. The van der Waals surface area contributed by atoms with Crippen molar-refractivity contribution in [2.24, 2.45) is 0 Å². The molecule has 1 heterocycles. The van der Waals surface area contributed by atoms with E-state index in [-0.39, 0.29) is 11.2 Å². The van der Waals surface area contributed by atoms with E-state index in [2.05, 4.69) is 25.8 Å². The summed E-state index contributed by atoms with van der Waals surface area (Å²) < 4.78 is 0. The van der Waals surface area contributed by atoms with Crippen molar-refractivity contribution in [3.8, 4) is 0 Å². The van der Waals surface area contributed by atoms with Crippen LogP contribution in [0.3, 0.4) is 0 Å². The van der Waals surface area contributed by atoms with Gasteiger partial charge in [-0.1, -0.05) is 51.1 Å². The smallest absolute Gasteiger partial charge is 0.169 e. The normalized spacial score (nSPS) is 11.4. The fraction of sp³-hybridized carbons (Fsp3) is 0.333. The van der Waals surface area contributed by atoms with Crippen LogP contribution < -0.4 is 0 Å². The van der Waals surface area contributed by atoms with Crippen molar-refractivity contribution in [2.75, 3.05) is 0 Å². The number of ketones is 1. The minimum atomic E-state index is -0.0363. The van der Waals surface area contributed by atoms with Crippen LogP contribution in [-0.4, -0.2) is 10.8 Å². The Hall–Kier alpha value is -1.96. The van der Waals surface area contributed by atoms with Crippen LogP contribution in [0.2, 0.25) is 0 Å². The summed E-state index contributed by atoms with van der Waals surface area (Å²) in [5.41, 5.74) is 3.80. The lowest BCUT2D eigenvalue weighted by molar-refractivity contribution is 0.0989. The second-order valence-electron chi connectivity index (χ2n) is 6.16. The summed E-state index contributed by atoms with van der Waals surface area (Å²) in [6.45, 7) is 8.38. The van der Waals surface area contributed by atoms with Gasteiger partial charge >= 0.3 is 0 Å². The number of nitrogens with zero attached hydrogens (tertiary/aromatic N) is 1. The van der Waals surface area contributed by atoms with Gasteiger partial charge in [0.25, 0.3) is 0 Å². The average Bonchev–Trinajstić information content (AvgIpc) is 2.40. The molecule has 0 aliphatic rings. The number of rotatable bonds is 3. The van der Waals surface area contributed by atoms with Crippen molar-refractivity contribution >= 4 is 5.78 Å². The van der Waals surface area contributed by atoms with Gasteiger partial charge in [0.15, 0.2) is 5.78 Å². The van der Waals surface area contributed by atoms with Crippen molar-refractivity contribution in [1.29, 1.82) is 0 Å². The number of aryl methyl sites for hydroxylation is 1. The van der Waals surface area contributed by atoms with Crippen LogP contribution in [0, 0.1) is 6.92 Å². The Kier molecular flexibility index (Phi) is 4.03. The number of hydrogen-bond donors (Lipinski definition) is 0. The fourth-order valence-corrected chi connectivity index (χ4v) is 2.33. The van der Waals surface area contributed by atoms with Crippen LogP contribution in [0.1, 0.15) is 48.0 Å². The third kappa shape index (κ3) is 3.13. The number of carbonyl (C=O) groups is 1. The molecule has 0 aliphatic carbocycles. The topological polar surface area (TPSA) is 30.0 Å². The van der Waals surface area contributed by atoms with Crippen LogP contribution in [0.25, 0.3) is 0 Å². The van der Waals surface area contributed by atoms with E-state index in [9.17, 15) is 4.79 Å². The standard InChI is InChI=1S/C18H21NO/c1-13-8-7-11-19-16(13)12-17(20)14-9-5-6-10-15(14)18(2,3)4/h5-11H,12H2,1-4H3. The van der Waals surface area contributed by atoms with Crippen LogP contribution >= 0.6 is 0 Å². The van der Waals surface area contributed by atoms with Crippen LogP contribution in [-0.2, 0) is 11.8 Å². The summed E-state index contributed by atoms with van der Waals surface area (Å²) >= 11 is 0. The van der Waals surface area contributed by atoms with Crippen molar-refractivity contribution in [3.05, 3.63) is 65.0 Å². The lowest BCUT2D eigenvalue weighted by Crippen LogP contribution is -2.18. The Morgan fingerprint density at radius 1 is 1.10 bits per heavy atom. The maximum atomic E-state index is 12.6. The van der Waals surface area contributed by atoms with Gasteiger partial charge in [0.2, 0.25) is 0 Å². The molecule has 104 valence electrons. The van der Waals surface area contributed by atoms with Gasteiger partial charge in [-0.3, -0.25) is 9.78 Å².